The molecular weight excluding hydrogens is 394 g/mol. The third kappa shape index (κ3) is 4.74. The van der Waals surface area contributed by atoms with Gasteiger partial charge in [0, 0.05) is 24.3 Å². The number of carbonyl (C=O) groups is 2. The zero-order chi connectivity index (χ0) is 22.5. The minimum absolute atomic E-state index is 0.170. The van der Waals surface area contributed by atoms with E-state index >= 15 is 0 Å². The second kappa shape index (κ2) is 9.69. The zero-order valence-electron chi connectivity index (χ0n) is 18.7. The molecule has 1 atom stereocenters. The molecule has 6 heteroatoms. The summed E-state index contributed by atoms with van der Waals surface area (Å²) in [5, 5.41) is 0. The average Bonchev–Trinajstić information content (AvgIpc) is 3.08. The Kier molecular flexibility index (Phi) is 7.00. The Morgan fingerprint density at radius 1 is 1.10 bits per heavy atom. The zero-order valence-corrected chi connectivity index (χ0v) is 18.7. The van der Waals surface area contributed by atoms with Crippen LogP contribution >= 0.6 is 0 Å². The van der Waals surface area contributed by atoms with Crippen LogP contribution in [-0.4, -0.2) is 37.6 Å². The summed E-state index contributed by atoms with van der Waals surface area (Å²) >= 11 is 0. The molecule has 31 heavy (non-hydrogen) atoms. The van der Waals surface area contributed by atoms with E-state index in [0.29, 0.717) is 22.6 Å². The number of esters is 1. The van der Waals surface area contributed by atoms with E-state index in [9.17, 15) is 9.59 Å². The minimum atomic E-state index is -0.756. The summed E-state index contributed by atoms with van der Waals surface area (Å²) in [6.07, 6.45) is 0.989. The normalized spacial score (nSPS) is 14.7. The molecule has 0 saturated heterocycles. The molecule has 1 unspecified atom stereocenters. The highest BCUT2D eigenvalue weighted by molar-refractivity contribution is 6.15. The van der Waals surface area contributed by atoms with E-state index in [4.69, 9.17) is 14.2 Å². The summed E-state index contributed by atoms with van der Waals surface area (Å²) in [4.78, 5) is 26.9. The van der Waals surface area contributed by atoms with Gasteiger partial charge in [-0.05, 0) is 70.5 Å². The van der Waals surface area contributed by atoms with E-state index in [1.165, 1.54) is 0 Å². The van der Waals surface area contributed by atoms with Crippen LogP contribution in [0, 0.1) is 6.92 Å². The van der Waals surface area contributed by atoms with E-state index in [1.807, 2.05) is 24.3 Å². The maximum absolute atomic E-state index is 12.8. The van der Waals surface area contributed by atoms with Gasteiger partial charge in [0.1, 0.15) is 11.5 Å². The summed E-state index contributed by atoms with van der Waals surface area (Å²) in [5.74, 6) is 0.606. The number of hydrogen-bond donors (Lipinski definition) is 0. The van der Waals surface area contributed by atoms with Crippen LogP contribution in [0.2, 0.25) is 0 Å². The molecule has 1 aliphatic rings. The van der Waals surface area contributed by atoms with Crippen molar-refractivity contribution in [2.45, 2.75) is 40.7 Å². The molecule has 2 aromatic rings. The number of rotatable bonds is 8. The lowest BCUT2D eigenvalue weighted by Gasteiger charge is -2.20. The lowest BCUT2D eigenvalue weighted by Crippen LogP contribution is -2.26. The van der Waals surface area contributed by atoms with Crippen LogP contribution in [0.15, 0.2) is 42.2 Å². The average molecular weight is 424 g/mol. The predicted molar refractivity (Wildman–Crippen MR) is 121 cm³/mol. The van der Waals surface area contributed by atoms with Crippen molar-refractivity contribution in [1.29, 1.82) is 0 Å². The van der Waals surface area contributed by atoms with Gasteiger partial charge >= 0.3 is 5.97 Å². The van der Waals surface area contributed by atoms with Gasteiger partial charge in [-0.25, -0.2) is 4.79 Å². The fourth-order valence-electron chi connectivity index (χ4n) is 3.52. The van der Waals surface area contributed by atoms with Gasteiger partial charge in [0.2, 0.25) is 5.78 Å². The summed E-state index contributed by atoms with van der Waals surface area (Å²) in [7, 11) is 0. The molecule has 0 radical (unpaired) electrons. The molecule has 6 nitrogen and oxygen atoms in total. The van der Waals surface area contributed by atoms with Crippen molar-refractivity contribution in [2.24, 2.45) is 0 Å². The van der Waals surface area contributed by atoms with Crippen molar-refractivity contribution in [3.63, 3.8) is 0 Å². The number of fused-ring (bicyclic) bond motifs is 1. The number of nitrogens with zero attached hydrogens (tertiary/aromatic N) is 1. The van der Waals surface area contributed by atoms with Gasteiger partial charge in [-0.15, -0.1) is 0 Å². The molecule has 0 amide bonds. The standard InChI is InChI=1S/C25H29NO5/c1-6-26(7-2)19-11-9-18(10-12-19)15-22-23(27)20-13-14-21(16(4)24(20)31-22)30-17(5)25(28)29-8-3/h9-15,17H,6-8H2,1-5H3/b22-15-. The van der Waals surface area contributed by atoms with Crippen LogP contribution in [0.25, 0.3) is 6.08 Å². The molecular formula is C25H29NO5. The summed E-state index contributed by atoms with van der Waals surface area (Å²) < 4.78 is 16.6. The van der Waals surface area contributed by atoms with Crippen LogP contribution in [0.4, 0.5) is 5.69 Å². The topological polar surface area (TPSA) is 65.1 Å². The molecule has 3 rings (SSSR count). The fraction of sp³-hybridized carbons (Fsp3) is 0.360. The third-order valence-electron chi connectivity index (χ3n) is 5.28. The second-order valence-corrected chi connectivity index (χ2v) is 7.28. The molecule has 2 aromatic carbocycles. The van der Waals surface area contributed by atoms with Crippen LogP contribution in [0.3, 0.4) is 0 Å². The predicted octanol–water partition coefficient (Wildman–Crippen LogP) is 4.79. The number of ether oxygens (including phenoxy) is 3. The SMILES string of the molecule is CCOC(=O)C(C)Oc1ccc2c(c1C)O/C(=C\c1ccc(N(CC)CC)cc1)C2=O. The molecule has 0 fully saturated rings. The van der Waals surface area contributed by atoms with Gasteiger partial charge in [0.05, 0.1) is 12.2 Å². The number of Topliss-reactive ketones (excluding diaryl/α,β-unsaturated/α-hetero) is 1. The van der Waals surface area contributed by atoms with E-state index in [2.05, 4.69) is 18.7 Å². The Morgan fingerprint density at radius 2 is 1.77 bits per heavy atom. The quantitative estimate of drug-likeness (QED) is 0.449. The maximum atomic E-state index is 12.8. The van der Waals surface area contributed by atoms with Gasteiger partial charge in [-0.2, -0.15) is 0 Å². The van der Waals surface area contributed by atoms with Crippen molar-refractivity contribution in [2.75, 3.05) is 24.6 Å². The first-order valence-electron chi connectivity index (χ1n) is 10.7. The fourth-order valence-corrected chi connectivity index (χ4v) is 3.52. The minimum Gasteiger partial charge on any atom is -0.479 e. The van der Waals surface area contributed by atoms with E-state index in [1.54, 1.807) is 39.0 Å². The van der Waals surface area contributed by atoms with E-state index in [0.717, 1.165) is 24.3 Å². The Balaban J connectivity index is 1.80. The summed E-state index contributed by atoms with van der Waals surface area (Å²) in [6, 6.07) is 11.4. The lowest BCUT2D eigenvalue weighted by atomic mass is 10.1. The van der Waals surface area contributed by atoms with Gasteiger partial charge in [-0.3, -0.25) is 4.79 Å². The van der Waals surface area contributed by atoms with Crippen molar-refractivity contribution < 1.29 is 23.8 Å². The molecule has 1 heterocycles. The molecule has 0 N–H and O–H groups in total. The monoisotopic (exact) mass is 423 g/mol. The largest absolute Gasteiger partial charge is 0.479 e. The Bertz CT molecular complexity index is 990. The molecule has 0 spiro atoms. The number of benzene rings is 2. The van der Waals surface area contributed by atoms with Crippen molar-refractivity contribution >= 4 is 23.5 Å². The number of allylic oxidation sites excluding steroid dienone is 1. The molecule has 0 bridgehead atoms. The summed E-state index contributed by atoms with van der Waals surface area (Å²) in [6.45, 7) is 11.6. The molecule has 164 valence electrons. The van der Waals surface area contributed by atoms with Crippen molar-refractivity contribution in [1.82, 2.24) is 0 Å². The Labute approximate surface area is 183 Å². The lowest BCUT2D eigenvalue weighted by molar-refractivity contribution is -0.150. The molecule has 0 aromatic heterocycles. The molecule has 0 saturated carbocycles. The number of hydrogen-bond acceptors (Lipinski definition) is 6. The number of ketones is 1. The molecule has 0 aliphatic carbocycles. The van der Waals surface area contributed by atoms with Gasteiger partial charge < -0.3 is 19.1 Å². The third-order valence-corrected chi connectivity index (χ3v) is 5.28. The second-order valence-electron chi connectivity index (χ2n) is 7.28. The van der Waals surface area contributed by atoms with Gasteiger partial charge in [0.15, 0.2) is 11.9 Å². The highest BCUT2D eigenvalue weighted by Crippen LogP contribution is 2.39. The smallest absolute Gasteiger partial charge is 0.347 e. The Morgan fingerprint density at radius 3 is 2.39 bits per heavy atom. The van der Waals surface area contributed by atoms with Gasteiger partial charge in [0.25, 0.3) is 0 Å². The van der Waals surface area contributed by atoms with Crippen LogP contribution in [0.1, 0.15) is 49.2 Å². The highest BCUT2D eigenvalue weighted by atomic mass is 16.6. The van der Waals surface area contributed by atoms with E-state index in [-0.39, 0.29) is 18.1 Å². The van der Waals surface area contributed by atoms with Crippen LogP contribution in [0.5, 0.6) is 11.5 Å². The van der Waals surface area contributed by atoms with Crippen LogP contribution < -0.4 is 14.4 Å². The first-order valence-corrected chi connectivity index (χ1v) is 10.7. The van der Waals surface area contributed by atoms with Crippen molar-refractivity contribution in [3.8, 4) is 11.5 Å². The van der Waals surface area contributed by atoms with Crippen LogP contribution in [-0.2, 0) is 9.53 Å². The maximum Gasteiger partial charge on any atom is 0.347 e. The van der Waals surface area contributed by atoms with E-state index < -0.39 is 12.1 Å². The highest BCUT2D eigenvalue weighted by Gasteiger charge is 2.31. The first-order chi connectivity index (χ1) is 14.9. The number of carbonyl (C=O) groups excluding carboxylic acids is 2. The summed E-state index contributed by atoms with van der Waals surface area (Å²) in [5.41, 5.74) is 3.18. The number of anilines is 1. The molecule has 1 aliphatic heterocycles. The van der Waals surface area contributed by atoms with Gasteiger partial charge in [-0.1, -0.05) is 12.1 Å². The first kappa shape index (κ1) is 22.4. The van der Waals surface area contributed by atoms with Crippen molar-refractivity contribution in [3.05, 3.63) is 58.8 Å². The Hall–Kier alpha value is -3.28.